The lowest BCUT2D eigenvalue weighted by molar-refractivity contribution is -0.117. The van der Waals surface area contributed by atoms with E-state index in [1.165, 1.54) is 0 Å². The van der Waals surface area contributed by atoms with Crippen LogP contribution in [0.5, 0.6) is 0 Å². The van der Waals surface area contributed by atoms with E-state index in [-0.39, 0.29) is 17.5 Å². The lowest BCUT2D eigenvalue weighted by Gasteiger charge is -2.25. The van der Waals surface area contributed by atoms with Crippen molar-refractivity contribution in [2.75, 3.05) is 19.8 Å². The molecule has 0 unspecified atom stereocenters. The number of hydrogen-bond acceptors (Lipinski definition) is 4. The van der Waals surface area contributed by atoms with E-state index >= 15 is 0 Å². The number of benzene rings is 1. The summed E-state index contributed by atoms with van der Waals surface area (Å²) in [5.74, 6) is -0.334. The summed E-state index contributed by atoms with van der Waals surface area (Å²) in [6.45, 7) is 8.75. The van der Waals surface area contributed by atoms with Crippen LogP contribution >= 0.6 is 0 Å². The molecule has 0 spiro atoms. The fourth-order valence-electron chi connectivity index (χ4n) is 2.30. The maximum Gasteiger partial charge on any atom is 0.263 e. The molecule has 142 valence electrons. The second-order valence-electron chi connectivity index (χ2n) is 6.48. The minimum atomic E-state index is -0.334. The lowest BCUT2D eigenvalue weighted by Crippen LogP contribution is -2.30. The fraction of sp³-hybridized carbons (Fsp3) is 0.524. The zero-order chi connectivity index (χ0) is 19.2. The molecule has 0 bridgehead atoms. The van der Waals surface area contributed by atoms with E-state index in [1.54, 1.807) is 6.20 Å². The summed E-state index contributed by atoms with van der Waals surface area (Å²) in [5, 5.41) is 12.2. The van der Waals surface area contributed by atoms with Crippen LogP contribution in [0.4, 0.5) is 0 Å². The molecular weight excluding hydrogens is 326 g/mol. The van der Waals surface area contributed by atoms with Crippen molar-refractivity contribution < 1.29 is 9.53 Å². The number of amides is 1. The molecule has 1 amide bonds. The van der Waals surface area contributed by atoms with Gasteiger partial charge in [0.1, 0.15) is 11.6 Å². The van der Waals surface area contributed by atoms with Gasteiger partial charge in [-0.25, -0.2) is 0 Å². The number of nitriles is 1. The molecule has 1 aromatic rings. The molecule has 0 saturated heterocycles. The number of carbonyl (C=O) groups excluding carboxylic acids is 1. The molecule has 1 rings (SSSR count). The van der Waals surface area contributed by atoms with Crippen molar-refractivity contribution in [1.29, 1.82) is 5.26 Å². The van der Waals surface area contributed by atoms with Crippen LogP contribution in [0.3, 0.4) is 0 Å². The highest BCUT2D eigenvalue weighted by Gasteiger charge is 2.13. The van der Waals surface area contributed by atoms with Crippen molar-refractivity contribution in [3.63, 3.8) is 0 Å². The summed E-state index contributed by atoms with van der Waals surface area (Å²) in [6, 6.07) is 12.2. The van der Waals surface area contributed by atoms with Gasteiger partial charge in [-0.3, -0.25) is 4.79 Å². The second-order valence-corrected chi connectivity index (χ2v) is 6.48. The first kappa shape index (κ1) is 21.7. The van der Waals surface area contributed by atoms with E-state index in [2.05, 4.69) is 12.2 Å². The van der Waals surface area contributed by atoms with E-state index in [0.29, 0.717) is 19.7 Å². The Balaban J connectivity index is 2.54. The number of rotatable bonds is 12. The van der Waals surface area contributed by atoms with Crippen LogP contribution in [0, 0.1) is 11.3 Å². The SMILES string of the molecule is CCCCOCCCNC(=O)/C(C#N)=C\N(Cc1ccccc1)C(C)C. The van der Waals surface area contributed by atoms with Crippen molar-refractivity contribution in [3.8, 4) is 6.07 Å². The minimum absolute atomic E-state index is 0.126. The topological polar surface area (TPSA) is 65.4 Å². The number of hydrogen-bond donors (Lipinski definition) is 1. The predicted molar refractivity (Wildman–Crippen MR) is 104 cm³/mol. The van der Waals surface area contributed by atoms with Gasteiger partial charge in [0.2, 0.25) is 0 Å². The van der Waals surface area contributed by atoms with Gasteiger partial charge in [-0.1, -0.05) is 43.7 Å². The Morgan fingerprint density at radius 3 is 2.58 bits per heavy atom. The molecule has 0 fully saturated rings. The molecule has 0 radical (unpaired) electrons. The largest absolute Gasteiger partial charge is 0.381 e. The van der Waals surface area contributed by atoms with Crippen molar-refractivity contribution in [2.24, 2.45) is 0 Å². The zero-order valence-corrected chi connectivity index (χ0v) is 16.2. The van der Waals surface area contributed by atoms with Crippen LogP contribution in [0.2, 0.25) is 0 Å². The third-order valence-electron chi connectivity index (χ3n) is 3.92. The summed E-state index contributed by atoms with van der Waals surface area (Å²) >= 11 is 0. The summed E-state index contributed by atoms with van der Waals surface area (Å²) in [5.41, 5.74) is 1.26. The van der Waals surface area contributed by atoms with Crippen LogP contribution in [-0.4, -0.2) is 36.6 Å². The van der Waals surface area contributed by atoms with Crippen molar-refractivity contribution in [1.82, 2.24) is 10.2 Å². The molecule has 0 aliphatic heterocycles. The van der Waals surface area contributed by atoms with Gasteiger partial charge < -0.3 is 15.0 Å². The number of ether oxygens (including phenoxy) is 1. The Bertz CT molecular complexity index is 591. The standard InChI is InChI=1S/C21H31N3O2/c1-4-5-13-26-14-9-12-23-21(25)20(15-22)17-24(18(2)3)16-19-10-7-6-8-11-19/h6-8,10-11,17-18H,4-5,9,12-14,16H2,1-3H3,(H,23,25)/b20-17-. The molecule has 5 heteroatoms. The normalized spacial score (nSPS) is 11.3. The van der Waals surface area contributed by atoms with E-state index in [0.717, 1.165) is 31.4 Å². The van der Waals surface area contributed by atoms with Gasteiger partial charge >= 0.3 is 0 Å². The maximum absolute atomic E-state index is 12.3. The molecule has 0 saturated carbocycles. The van der Waals surface area contributed by atoms with Gasteiger partial charge in [0, 0.05) is 38.5 Å². The van der Waals surface area contributed by atoms with E-state index in [4.69, 9.17) is 4.74 Å². The van der Waals surface area contributed by atoms with Crippen LogP contribution < -0.4 is 5.32 Å². The van der Waals surface area contributed by atoms with Gasteiger partial charge in [-0.05, 0) is 32.3 Å². The number of nitrogens with one attached hydrogen (secondary N) is 1. The van der Waals surface area contributed by atoms with Gasteiger partial charge in [0.05, 0.1) is 0 Å². The minimum Gasteiger partial charge on any atom is -0.381 e. The lowest BCUT2D eigenvalue weighted by atomic mass is 10.2. The van der Waals surface area contributed by atoms with E-state index in [9.17, 15) is 10.1 Å². The number of carbonyl (C=O) groups is 1. The monoisotopic (exact) mass is 357 g/mol. The highest BCUT2D eigenvalue weighted by atomic mass is 16.5. The number of nitrogens with zero attached hydrogens (tertiary/aromatic N) is 2. The predicted octanol–water partition coefficient (Wildman–Crippen LogP) is 3.63. The van der Waals surface area contributed by atoms with Crippen molar-refractivity contribution >= 4 is 5.91 Å². The summed E-state index contributed by atoms with van der Waals surface area (Å²) < 4.78 is 5.47. The maximum atomic E-state index is 12.3. The Kier molecular flexibility index (Phi) is 10.8. The smallest absolute Gasteiger partial charge is 0.263 e. The first-order valence-corrected chi connectivity index (χ1v) is 9.36. The first-order valence-electron chi connectivity index (χ1n) is 9.36. The third-order valence-corrected chi connectivity index (χ3v) is 3.92. The first-order chi connectivity index (χ1) is 12.6. The molecule has 1 aromatic carbocycles. The Hall–Kier alpha value is -2.32. The average molecular weight is 357 g/mol. The quantitative estimate of drug-likeness (QED) is 0.352. The van der Waals surface area contributed by atoms with Gasteiger partial charge in [-0.2, -0.15) is 5.26 Å². The Labute approximate surface area is 157 Å². The summed E-state index contributed by atoms with van der Waals surface area (Å²) in [6.07, 6.45) is 4.57. The second kappa shape index (κ2) is 13.0. The van der Waals surface area contributed by atoms with Crippen molar-refractivity contribution in [3.05, 3.63) is 47.7 Å². The molecule has 0 heterocycles. The molecule has 0 aliphatic carbocycles. The molecule has 26 heavy (non-hydrogen) atoms. The molecule has 0 atom stereocenters. The zero-order valence-electron chi connectivity index (χ0n) is 16.2. The summed E-state index contributed by atoms with van der Waals surface area (Å²) in [4.78, 5) is 14.3. The van der Waals surface area contributed by atoms with Crippen LogP contribution in [0.15, 0.2) is 42.1 Å². The van der Waals surface area contributed by atoms with Crippen LogP contribution in [0.1, 0.15) is 45.6 Å². The summed E-state index contributed by atoms with van der Waals surface area (Å²) in [7, 11) is 0. The highest BCUT2D eigenvalue weighted by molar-refractivity contribution is 5.97. The third kappa shape index (κ3) is 8.68. The van der Waals surface area contributed by atoms with Gasteiger partial charge in [-0.15, -0.1) is 0 Å². The number of unbranched alkanes of at least 4 members (excludes halogenated alkanes) is 1. The Morgan fingerprint density at radius 2 is 1.96 bits per heavy atom. The molecule has 0 aliphatic rings. The molecule has 0 aromatic heterocycles. The van der Waals surface area contributed by atoms with E-state index in [1.807, 2.05) is 55.1 Å². The van der Waals surface area contributed by atoms with Gasteiger partial charge in [0.25, 0.3) is 5.91 Å². The average Bonchev–Trinajstić information content (AvgIpc) is 2.64. The van der Waals surface area contributed by atoms with Crippen LogP contribution in [-0.2, 0) is 16.1 Å². The van der Waals surface area contributed by atoms with E-state index < -0.39 is 0 Å². The molecular formula is C21H31N3O2. The van der Waals surface area contributed by atoms with Crippen molar-refractivity contribution in [2.45, 2.75) is 52.6 Å². The highest BCUT2D eigenvalue weighted by Crippen LogP contribution is 2.10. The Morgan fingerprint density at radius 1 is 1.27 bits per heavy atom. The fourth-order valence-corrected chi connectivity index (χ4v) is 2.30. The molecule has 1 N–H and O–H groups in total. The molecule has 5 nitrogen and oxygen atoms in total. The van der Waals surface area contributed by atoms with Gasteiger partial charge in [0.15, 0.2) is 0 Å². The van der Waals surface area contributed by atoms with Crippen LogP contribution in [0.25, 0.3) is 0 Å².